The van der Waals surface area contributed by atoms with Crippen molar-refractivity contribution in [3.05, 3.63) is 71.9 Å². The van der Waals surface area contributed by atoms with Gasteiger partial charge in [-0.1, -0.05) is 6.07 Å². The number of amides is 3. The summed E-state index contributed by atoms with van der Waals surface area (Å²) in [4.78, 5) is 31.6. The van der Waals surface area contributed by atoms with Crippen LogP contribution in [0.3, 0.4) is 0 Å². The molecule has 0 saturated heterocycles. The summed E-state index contributed by atoms with van der Waals surface area (Å²) in [5, 5.41) is 6.76. The van der Waals surface area contributed by atoms with Gasteiger partial charge in [-0.05, 0) is 61.0 Å². The Balaban J connectivity index is 1.21. The van der Waals surface area contributed by atoms with E-state index in [4.69, 9.17) is 9.47 Å². The lowest BCUT2D eigenvalue weighted by Gasteiger charge is -2.28. The smallest absolute Gasteiger partial charge is 0.326 e. The van der Waals surface area contributed by atoms with E-state index in [9.17, 15) is 9.59 Å². The van der Waals surface area contributed by atoms with Crippen molar-refractivity contribution in [1.82, 2.24) is 10.3 Å². The lowest BCUT2D eigenvalue weighted by molar-refractivity contribution is 0.0939. The number of urea groups is 1. The van der Waals surface area contributed by atoms with Crippen LogP contribution in [0, 0.1) is 0 Å². The third-order valence-corrected chi connectivity index (χ3v) is 6.63. The number of hydrogen-bond acceptors (Lipinski definition) is 6. The normalized spacial score (nSPS) is 15.1. The molecule has 0 spiro atoms. The van der Waals surface area contributed by atoms with Crippen LogP contribution in [0.5, 0.6) is 11.5 Å². The second kappa shape index (κ2) is 9.64. The van der Waals surface area contributed by atoms with Crippen LogP contribution >= 0.6 is 11.8 Å². The first kappa shape index (κ1) is 22.1. The second-order valence-electron chi connectivity index (χ2n) is 7.93. The molecule has 0 bridgehead atoms. The Morgan fingerprint density at radius 3 is 2.68 bits per heavy atom. The number of thioether (sulfide) groups is 1. The number of rotatable bonds is 4. The molecular formula is C25H24N4O4S. The molecule has 0 unspecified atom stereocenters. The van der Waals surface area contributed by atoms with Crippen LogP contribution in [0.25, 0.3) is 0 Å². The summed E-state index contributed by atoms with van der Waals surface area (Å²) in [5.41, 5.74) is 2.85. The van der Waals surface area contributed by atoms with Gasteiger partial charge in [0.15, 0.2) is 11.5 Å². The van der Waals surface area contributed by atoms with Crippen LogP contribution in [-0.4, -0.2) is 42.4 Å². The third-order valence-electron chi connectivity index (χ3n) is 5.65. The molecule has 0 radical (unpaired) electrons. The minimum Gasteiger partial charge on any atom is -0.486 e. The molecule has 2 aromatic carbocycles. The molecule has 3 heterocycles. The average Bonchev–Trinajstić information content (AvgIpc) is 2.88. The number of nitrogens with zero attached hydrogens (tertiary/aromatic N) is 2. The molecule has 0 saturated carbocycles. The molecule has 5 rings (SSSR count). The zero-order valence-electron chi connectivity index (χ0n) is 18.6. The average molecular weight is 477 g/mol. The van der Waals surface area contributed by atoms with E-state index in [-0.39, 0.29) is 18.0 Å². The number of ether oxygens (including phenoxy) is 2. The maximum Gasteiger partial charge on any atom is 0.326 e. The number of carbonyl (C=O) groups excluding carboxylic acids is 2. The first-order chi connectivity index (χ1) is 16.6. The SMILES string of the molecule is C[C@@H](NC(=O)c1ccc(NC(=O)N2CCSc3ncccc32)cc1)c1ccc2c(c1)OCCO2. The van der Waals surface area contributed by atoms with Crippen molar-refractivity contribution in [2.45, 2.75) is 18.0 Å². The highest BCUT2D eigenvalue weighted by Gasteiger charge is 2.24. The molecule has 0 aliphatic carbocycles. The Morgan fingerprint density at radius 1 is 1.06 bits per heavy atom. The summed E-state index contributed by atoms with van der Waals surface area (Å²) in [6.07, 6.45) is 1.73. The lowest BCUT2D eigenvalue weighted by Crippen LogP contribution is -2.38. The second-order valence-corrected chi connectivity index (χ2v) is 9.02. The molecule has 1 atom stereocenters. The van der Waals surface area contributed by atoms with Gasteiger partial charge in [0.05, 0.1) is 11.7 Å². The van der Waals surface area contributed by atoms with E-state index < -0.39 is 0 Å². The van der Waals surface area contributed by atoms with Gasteiger partial charge in [-0.25, -0.2) is 9.78 Å². The predicted octanol–water partition coefficient (Wildman–Crippen LogP) is 4.49. The summed E-state index contributed by atoms with van der Waals surface area (Å²) in [6.45, 7) is 3.58. The molecule has 2 aliphatic heterocycles. The fraction of sp³-hybridized carbons (Fsp3) is 0.240. The van der Waals surface area contributed by atoms with Crippen molar-refractivity contribution < 1.29 is 19.1 Å². The van der Waals surface area contributed by atoms with E-state index in [2.05, 4.69) is 15.6 Å². The number of fused-ring (bicyclic) bond motifs is 2. The number of aromatic nitrogens is 1. The van der Waals surface area contributed by atoms with Gasteiger partial charge in [0, 0.05) is 29.7 Å². The maximum atomic E-state index is 12.8. The molecule has 8 nitrogen and oxygen atoms in total. The third kappa shape index (κ3) is 4.65. The van der Waals surface area contributed by atoms with Crippen molar-refractivity contribution in [3.63, 3.8) is 0 Å². The molecule has 0 fully saturated rings. The molecule has 1 aromatic heterocycles. The number of pyridine rings is 1. The van der Waals surface area contributed by atoms with Gasteiger partial charge in [-0.2, -0.15) is 0 Å². The van der Waals surface area contributed by atoms with Crippen LogP contribution in [0.15, 0.2) is 65.8 Å². The number of nitrogens with one attached hydrogen (secondary N) is 2. The van der Waals surface area contributed by atoms with Gasteiger partial charge in [-0.3, -0.25) is 9.69 Å². The first-order valence-corrected chi connectivity index (χ1v) is 12.0. The van der Waals surface area contributed by atoms with Crippen molar-refractivity contribution in [2.75, 3.05) is 35.7 Å². The fourth-order valence-electron chi connectivity index (χ4n) is 3.85. The fourth-order valence-corrected chi connectivity index (χ4v) is 4.78. The molecule has 3 aromatic rings. The van der Waals surface area contributed by atoms with Gasteiger partial charge in [0.25, 0.3) is 5.91 Å². The van der Waals surface area contributed by atoms with E-state index in [1.807, 2.05) is 37.3 Å². The van der Waals surface area contributed by atoms with Gasteiger partial charge in [-0.15, -0.1) is 11.8 Å². The van der Waals surface area contributed by atoms with Crippen molar-refractivity contribution in [3.8, 4) is 11.5 Å². The lowest BCUT2D eigenvalue weighted by atomic mass is 10.1. The monoisotopic (exact) mass is 476 g/mol. The van der Waals surface area contributed by atoms with E-state index in [1.54, 1.807) is 47.1 Å². The van der Waals surface area contributed by atoms with Crippen molar-refractivity contribution >= 4 is 35.1 Å². The zero-order valence-corrected chi connectivity index (χ0v) is 19.4. The van der Waals surface area contributed by atoms with Gasteiger partial charge < -0.3 is 20.1 Å². The van der Waals surface area contributed by atoms with Gasteiger partial charge in [0.2, 0.25) is 0 Å². The molecule has 3 amide bonds. The molecule has 174 valence electrons. The van der Waals surface area contributed by atoms with E-state index in [0.717, 1.165) is 22.0 Å². The molecule has 9 heteroatoms. The summed E-state index contributed by atoms with van der Waals surface area (Å²) in [7, 11) is 0. The summed E-state index contributed by atoms with van der Waals surface area (Å²) < 4.78 is 11.2. The van der Waals surface area contributed by atoms with Gasteiger partial charge in [0.1, 0.15) is 18.2 Å². The highest BCUT2D eigenvalue weighted by molar-refractivity contribution is 7.99. The number of carbonyl (C=O) groups is 2. The number of benzene rings is 2. The quantitative estimate of drug-likeness (QED) is 0.577. The number of anilines is 2. The molecular weight excluding hydrogens is 452 g/mol. The first-order valence-electron chi connectivity index (χ1n) is 11.1. The van der Waals surface area contributed by atoms with E-state index in [1.165, 1.54) is 0 Å². The molecule has 34 heavy (non-hydrogen) atoms. The largest absolute Gasteiger partial charge is 0.486 e. The Hall–Kier alpha value is -3.72. The van der Waals surface area contributed by atoms with Crippen LogP contribution in [0.4, 0.5) is 16.2 Å². The topological polar surface area (TPSA) is 92.8 Å². The predicted molar refractivity (Wildman–Crippen MR) is 131 cm³/mol. The number of hydrogen-bond donors (Lipinski definition) is 2. The Labute approximate surface area is 201 Å². The summed E-state index contributed by atoms with van der Waals surface area (Å²) in [5.74, 6) is 2.00. The van der Waals surface area contributed by atoms with E-state index >= 15 is 0 Å². The zero-order chi connectivity index (χ0) is 23.5. The van der Waals surface area contributed by atoms with Gasteiger partial charge >= 0.3 is 6.03 Å². The highest BCUT2D eigenvalue weighted by Crippen LogP contribution is 2.33. The van der Waals surface area contributed by atoms with Crippen molar-refractivity contribution in [1.29, 1.82) is 0 Å². The Bertz CT molecular complexity index is 1220. The Kier molecular flexibility index (Phi) is 6.27. The molecule has 2 N–H and O–H groups in total. The maximum absolute atomic E-state index is 12.8. The summed E-state index contributed by atoms with van der Waals surface area (Å²) in [6, 6.07) is 15.8. The Morgan fingerprint density at radius 2 is 1.85 bits per heavy atom. The summed E-state index contributed by atoms with van der Waals surface area (Å²) >= 11 is 1.64. The van der Waals surface area contributed by atoms with Crippen molar-refractivity contribution in [2.24, 2.45) is 0 Å². The molecule has 2 aliphatic rings. The van der Waals surface area contributed by atoms with Crippen LogP contribution in [0.1, 0.15) is 28.9 Å². The van der Waals surface area contributed by atoms with Crippen LogP contribution in [-0.2, 0) is 0 Å². The standard InChI is InChI=1S/C25H24N4O4S/c1-16(18-6-9-21-22(15-18)33-13-12-32-21)27-23(30)17-4-7-19(8-5-17)28-25(31)29-11-14-34-24-20(29)3-2-10-26-24/h2-10,15-16H,11-14H2,1H3,(H,27,30)(H,28,31)/t16-/m1/s1. The minimum atomic E-state index is -0.223. The van der Waals surface area contributed by atoms with E-state index in [0.29, 0.717) is 42.5 Å². The van der Waals surface area contributed by atoms with Crippen LogP contribution < -0.4 is 25.0 Å². The highest BCUT2D eigenvalue weighted by atomic mass is 32.2. The minimum absolute atomic E-state index is 0.201. The van der Waals surface area contributed by atoms with Crippen LogP contribution in [0.2, 0.25) is 0 Å².